The molecular weight excluding hydrogens is 426 g/mol. The topological polar surface area (TPSA) is 73.5 Å². The zero-order valence-corrected chi connectivity index (χ0v) is 19.8. The summed E-state index contributed by atoms with van der Waals surface area (Å²) in [7, 11) is -4.23. The van der Waals surface area contributed by atoms with E-state index in [-0.39, 0.29) is 16.6 Å². The van der Waals surface area contributed by atoms with Gasteiger partial charge in [0.1, 0.15) is 0 Å². The van der Waals surface area contributed by atoms with E-state index in [4.69, 9.17) is 8.47 Å². The van der Waals surface area contributed by atoms with Crippen LogP contribution in [0.2, 0.25) is 0 Å². The average Bonchev–Trinajstić information content (AvgIpc) is 2.99. The molecule has 1 aromatic heterocycles. The molecule has 0 aromatic carbocycles. The van der Waals surface area contributed by atoms with E-state index in [1.165, 1.54) is 18.0 Å². The normalized spacial score (nSPS) is 40.8. The SMILES string of the molecule is C[C@]12C=CC(=O)C=C1CC[C@@H]1[C@@H]2CC[C@@]2(C)[C@H]1CC[C@]2(C)OS(=O)(=O)O[n+]1ccccc1. The molecule has 3 saturated carbocycles. The maximum atomic E-state index is 12.8. The number of carbonyl (C=O) groups is 1. The molecule has 3 fully saturated rings. The van der Waals surface area contributed by atoms with Crippen molar-refractivity contribution in [1.29, 1.82) is 0 Å². The first-order valence-corrected chi connectivity index (χ1v) is 13.0. The van der Waals surface area contributed by atoms with E-state index in [1.807, 2.05) is 13.0 Å². The minimum absolute atomic E-state index is 0.0723. The quantitative estimate of drug-likeness (QED) is 0.643. The van der Waals surface area contributed by atoms with Crippen molar-refractivity contribution in [3.8, 4) is 0 Å². The summed E-state index contributed by atoms with van der Waals surface area (Å²) in [5, 5.41) is 0. The number of hydrogen-bond acceptors (Lipinski definition) is 5. The predicted octanol–water partition coefficient (Wildman–Crippen LogP) is 3.73. The summed E-state index contributed by atoms with van der Waals surface area (Å²) in [5.41, 5.74) is 0.129. The number of allylic oxidation sites excluding steroid dienone is 4. The third kappa shape index (κ3) is 3.27. The first-order valence-electron chi connectivity index (χ1n) is 11.6. The average molecular weight is 459 g/mol. The number of pyridine rings is 1. The standard InChI is InChI=1S/C25H32NO5S/c1-23-12-9-19(27)17-18(23)7-8-20-21(23)10-13-24(2)22(20)11-14-25(24,3)30-32(28,29)31-26-15-5-4-6-16-26/h4-6,9,12,15-17,20-22H,7-8,10-11,13-14H2,1-3H3/q+1/t20-,21+,22+,23+,24+,25+/m1/s1. The van der Waals surface area contributed by atoms with Gasteiger partial charge in [0.05, 0.1) is 5.60 Å². The highest BCUT2D eigenvalue weighted by molar-refractivity contribution is 7.82. The summed E-state index contributed by atoms with van der Waals surface area (Å²) in [5.74, 6) is 1.45. The summed E-state index contributed by atoms with van der Waals surface area (Å²) in [6.45, 7) is 6.43. The van der Waals surface area contributed by atoms with Gasteiger partial charge in [0.25, 0.3) is 0 Å². The molecule has 6 nitrogen and oxygen atoms in total. The van der Waals surface area contributed by atoms with Crippen LogP contribution in [0.5, 0.6) is 0 Å². The molecule has 4 aliphatic carbocycles. The lowest BCUT2D eigenvalue weighted by Gasteiger charge is -2.58. The molecule has 4 aliphatic rings. The van der Waals surface area contributed by atoms with E-state index in [1.54, 1.807) is 24.3 Å². The summed E-state index contributed by atoms with van der Waals surface area (Å²) < 4.78 is 37.8. The van der Waals surface area contributed by atoms with Gasteiger partial charge in [-0.15, -0.1) is 4.28 Å². The number of fused-ring (bicyclic) bond motifs is 5. The molecule has 0 aliphatic heterocycles. The van der Waals surface area contributed by atoms with Gasteiger partial charge in [-0.25, -0.2) is 4.18 Å². The molecule has 5 rings (SSSR count). The van der Waals surface area contributed by atoms with E-state index in [0.717, 1.165) is 36.8 Å². The van der Waals surface area contributed by atoms with Crippen LogP contribution in [0.4, 0.5) is 0 Å². The first-order chi connectivity index (χ1) is 15.1. The smallest absolute Gasteiger partial charge is 0.290 e. The van der Waals surface area contributed by atoms with Gasteiger partial charge in [-0.3, -0.25) is 4.79 Å². The lowest BCUT2D eigenvalue weighted by Crippen LogP contribution is -2.56. The van der Waals surface area contributed by atoms with Crippen molar-refractivity contribution in [2.45, 2.75) is 64.9 Å². The summed E-state index contributed by atoms with van der Waals surface area (Å²) in [6, 6.07) is 5.19. The Balaban J connectivity index is 1.40. The van der Waals surface area contributed by atoms with Crippen molar-refractivity contribution >= 4 is 16.2 Å². The van der Waals surface area contributed by atoms with Gasteiger partial charge >= 0.3 is 10.4 Å². The second-order valence-corrected chi connectivity index (χ2v) is 11.8. The molecule has 0 unspecified atom stereocenters. The molecule has 0 amide bonds. The molecule has 7 heteroatoms. The second-order valence-electron chi connectivity index (χ2n) is 10.6. The van der Waals surface area contributed by atoms with Crippen LogP contribution in [-0.4, -0.2) is 19.8 Å². The maximum absolute atomic E-state index is 12.8. The number of rotatable bonds is 4. The fourth-order valence-corrected chi connectivity index (χ4v) is 8.40. The van der Waals surface area contributed by atoms with Crippen LogP contribution in [0.25, 0.3) is 0 Å². The van der Waals surface area contributed by atoms with Crippen molar-refractivity contribution in [1.82, 2.24) is 0 Å². The lowest BCUT2D eigenvalue weighted by molar-refractivity contribution is -0.857. The lowest BCUT2D eigenvalue weighted by atomic mass is 9.47. The Bertz CT molecular complexity index is 1100. The van der Waals surface area contributed by atoms with Crippen LogP contribution < -0.4 is 9.01 Å². The number of nitrogens with zero attached hydrogens (tertiary/aromatic N) is 1. The fraction of sp³-hybridized carbons (Fsp3) is 0.600. The van der Waals surface area contributed by atoms with E-state index in [9.17, 15) is 13.2 Å². The third-order valence-electron chi connectivity index (χ3n) is 9.24. The van der Waals surface area contributed by atoms with Crippen LogP contribution in [0.15, 0.2) is 54.4 Å². The Kier molecular flexibility index (Phi) is 4.95. The van der Waals surface area contributed by atoms with Crippen molar-refractivity contribution in [2.75, 3.05) is 0 Å². The van der Waals surface area contributed by atoms with Gasteiger partial charge in [-0.1, -0.05) is 31.6 Å². The molecule has 1 heterocycles. The van der Waals surface area contributed by atoms with Crippen LogP contribution in [-0.2, 0) is 19.4 Å². The van der Waals surface area contributed by atoms with Crippen LogP contribution in [0, 0.1) is 28.6 Å². The molecule has 32 heavy (non-hydrogen) atoms. The van der Waals surface area contributed by atoms with Crippen molar-refractivity contribution in [2.24, 2.45) is 28.6 Å². The van der Waals surface area contributed by atoms with E-state index < -0.39 is 16.0 Å². The molecular formula is C25H32NO5S+. The van der Waals surface area contributed by atoms with Gasteiger partial charge < -0.3 is 0 Å². The Labute approximate surface area is 190 Å². The molecule has 0 N–H and O–H groups in total. The highest BCUT2D eigenvalue weighted by Crippen LogP contribution is 2.67. The number of carbonyl (C=O) groups excluding carboxylic acids is 1. The van der Waals surface area contributed by atoms with Gasteiger partial charge in [-0.05, 0) is 75.4 Å². The van der Waals surface area contributed by atoms with Crippen molar-refractivity contribution in [3.63, 3.8) is 0 Å². The second kappa shape index (κ2) is 7.26. The highest BCUT2D eigenvalue weighted by atomic mass is 32.3. The number of hydrogen-bond donors (Lipinski definition) is 0. The number of aromatic nitrogens is 1. The molecule has 0 spiro atoms. The first kappa shape index (κ1) is 21.8. The Morgan fingerprint density at radius 3 is 2.47 bits per heavy atom. The highest BCUT2D eigenvalue weighted by Gasteiger charge is 2.64. The molecule has 6 atom stereocenters. The Morgan fingerprint density at radius 2 is 1.72 bits per heavy atom. The largest absolute Gasteiger partial charge is 0.503 e. The summed E-state index contributed by atoms with van der Waals surface area (Å²) in [6.07, 6.45) is 14.3. The van der Waals surface area contributed by atoms with Crippen molar-refractivity contribution < 1.29 is 26.4 Å². The van der Waals surface area contributed by atoms with Gasteiger partial charge in [0, 0.05) is 27.7 Å². The maximum Gasteiger partial charge on any atom is 0.503 e. The van der Waals surface area contributed by atoms with Gasteiger partial charge in [0.2, 0.25) is 12.4 Å². The van der Waals surface area contributed by atoms with Crippen LogP contribution in [0.3, 0.4) is 0 Å². The molecule has 1 aromatic rings. The van der Waals surface area contributed by atoms with E-state index in [0.29, 0.717) is 24.2 Å². The van der Waals surface area contributed by atoms with Crippen LogP contribution >= 0.6 is 0 Å². The fourth-order valence-electron chi connectivity index (χ4n) is 7.34. The van der Waals surface area contributed by atoms with Gasteiger partial charge in [0.15, 0.2) is 5.78 Å². The molecule has 172 valence electrons. The number of ketones is 1. The molecule has 0 radical (unpaired) electrons. The van der Waals surface area contributed by atoms with E-state index in [2.05, 4.69) is 19.9 Å². The predicted molar refractivity (Wildman–Crippen MR) is 118 cm³/mol. The Hall–Kier alpha value is -1.99. The monoisotopic (exact) mass is 458 g/mol. The minimum Gasteiger partial charge on any atom is -0.290 e. The Morgan fingerprint density at radius 1 is 1.00 bits per heavy atom. The molecule has 0 saturated heterocycles. The zero-order chi connectivity index (χ0) is 22.8. The summed E-state index contributed by atoms with van der Waals surface area (Å²) >= 11 is 0. The van der Waals surface area contributed by atoms with Crippen LogP contribution in [0.1, 0.15) is 59.3 Å². The van der Waals surface area contributed by atoms with Gasteiger partial charge in [-0.2, -0.15) is 8.42 Å². The molecule has 0 bridgehead atoms. The third-order valence-corrected chi connectivity index (χ3v) is 10.2. The van der Waals surface area contributed by atoms with Crippen molar-refractivity contribution in [3.05, 3.63) is 54.4 Å². The minimum atomic E-state index is -4.23. The van der Waals surface area contributed by atoms with E-state index >= 15 is 0 Å². The zero-order valence-electron chi connectivity index (χ0n) is 19.0. The summed E-state index contributed by atoms with van der Waals surface area (Å²) in [4.78, 5) is 12.0.